The van der Waals surface area contributed by atoms with Crippen LogP contribution in [-0.4, -0.2) is 30.0 Å². The average Bonchev–Trinajstić information content (AvgIpc) is 3.07. The Morgan fingerprint density at radius 2 is 2.10 bits per heavy atom. The number of aromatic nitrogens is 6. The molecule has 0 saturated heterocycles. The van der Waals surface area contributed by atoms with Crippen LogP contribution in [0.3, 0.4) is 0 Å². The highest BCUT2D eigenvalue weighted by atomic mass is 15.5. The molecular weight excluding hydrogens is 266 g/mol. The molecule has 7 heteroatoms. The number of rotatable bonds is 3. The second kappa shape index (κ2) is 5.01. The summed E-state index contributed by atoms with van der Waals surface area (Å²) in [4.78, 5) is 0. The van der Waals surface area contributed by atoms with Gasteiger partial charge in [-0.05, 0) is 35.4 Å². The number of nitrogens with zero attached hydrogens (tertiary/aromatic N) is 6. The molecule has 0 atom stereocenters. The third-order valence-corrected chi connectivity index (χ3v) is 3.48. The second-order valence-corrected chi connectivity index (χ2v) is 4.94. The van der Waals surface area contributed by atoms with Gasteiger partial charge in [0.2, 0.25) is 0 Å². The van der Waals surface area contributed by atoms with Gasteiger partial charge in [-0.15, -0.1) is 5.10 Å². The van der Waals surface area contributed by atoms with E-state index in [1.807, 2.05) is 38.4 Å². The van der Waals surface area contributed by atoms with Gasteiger partial charge in [0.15, 0.2) is 5.82 Å². The number of anilines is 1. The highest BCUT2D eigenvalue weighted by molar-refractivity contribution is 5.74. The van der Waals surface area contributed by atoms with Crippen molar-refractivity contribution in [2.24, 2.45) is 7.05 Å². The Labute approximate surface area is 122 Å². The van der Waals surface area contributed by atoms with Gasteiger partial charge in [0.1, 0.15) is 5.69 Å². The van der Waals surface area contributed by atoms with Gasteiger partial charge in [0, 0.05) is 18.3 Å². The van der Waals surface area contributed by atoms with Crippen LogP contribution >= 0.6 is 0 Å². The van der Waals surface area contributed by atoms with Crippen LogP contribution in [0.25, 0.3) is 17.1 Å². The fourth-order valence-electron chi connectivity index (χ4n) is 2.34. The Morgan fingerprint density at radius 3 is 2.86 bits per heavy atom. The maximum Gasteiger partial charge on any atom is 0.189 e. The maximum absolute atomic E-state index is 6.17. The minimum atomic E-state index is 0.624. The topological polar surface area (TPSA) is 87.4 Å². The number of hydrogen-bond acceptors (Lipinski definition) is 5. The van der Waals surface area contributed by atoms with Gasteiger partial charge >= 0.3 is 0 Å². The van der Waals surface area contributed by atoms with Gasteiger partial charge < -0.3 is 5.73 Å². The summed E-state index contributed by atoms with van der Waals surface area (Å²) in [5.41, 5.74) is 10.5. The molecule has 21 heavy (non-hydrogen) atoms. The third-order valence-electron chi connectivity index (χ3n) is 3.48. The van der Waals surface area contributed by atoms with Crippen molar-refractivity contribution >= 4 is 5.69 Å². The lowest BCUT2D eigenvalue weighted by molar-refractivity contribution is 0.746. The van der Waals surface area contributed by atoms with Crippen LogP contribution in [0.1, 0.15) is 18.2 Å². The van der Waals surface area contributed by atoms with E-state index in [-0.39, 0.29) is 0 Å². The van der Waals surface area contributed by atoms with E-state index in [0.29, 0.717) is 11.5 Å². The molecule has 2 heterocycles. The van der Waals surface area contributed by atoms with Crippen molar-refractivity contribution in [3.05, 3.63) is 35.7 Å². The molecule has 0 unspecified atom stereocenters. The SMILES string of the molecule is CCc1nn(C)cc1-n1nnnc1-c1cccc(C)c1N. The number of aryl methyl sites for hydroxylation is 3. The number of nitrogens with two attached hydrogens (primary N) is 1. The summed E-state index contributed by atoms with van der Waals surface area (Å²) in [6.07, 6.45) is 2.71. The van der Waals surface area contributed by atoms with Crippen LogP contribution in [-0.2, 0) is 13.5 Å². The van der Waals surface area contributed by atoms with Crippen LogP contribution in [0.2, 0.25) is 0 Å². The van der Waals surface area contributed by atoms with Crippen LogP contribution in [0.4, 0.5) is 5.69 Å². The molecule has 0 aliphatic carbocycles. The zero-order valence-electron chi connectivity index (χ0n) is 12.3. The van der Waals surface area contributed by atoms with E-state index >= 15 is 0 Å². The Hall–Kier alpha value is -2.70. The summed E-state index contributed by atoms with van der Waals surface area (Å²) >= 11 is 0. The number of tetrazole rings is 1. The van der Waals surface area contributed by atoms with Crippen molar-refractivity contribution in [3.63, 3.8) is 0 Å². The molecule has 0 aliphatic heterocycles. The summed E-state index contributed by atoms with van der Waals surface area (Å²) in [5.74, 6) is 0.624. The molecule has 1 aromatic carbocycles. The molecular formula is C14H17N7. The predicted molar refractivity (Wildman–Crippen MR) is 79.9 cm³/mol. The van der Waals surface area contributed by atoms with Gasteiger partial charge in [0.05, 0.1) is 11.9 Å². The molecule has 0 saturated carbocycles. The first-order chi connectivity index (χ1) is 10.1. The highest BCUT2D eigenvalue weighted by Gasteiger charge is 2.18. The molecule has 0 bridgehead atoms. The van der Waals surface area contributed by atoms with Crippen molar-refractivity contribution < 1.29 is 0 Å². The molecule has 2 aromatic heterocycles. The van der Waals surface area contributed by atoms with Gasteiger partial charge in [-0.3, -0.25) is 4.68 Å². The Kier molecular flexibility index (Phi) is 3.17. The number of benzene rings is 1. The van der Waals surface area contributed by atoms with Crippen molar-refractivity contribution in [3.8, 4) is 17.1 Å². The van der Waals surface area contributed by atoms with Crippen LogP contribution < -0.4 is 5.73 Å². The number of nitrogen functional groups attached to an aromatic ring is 1. The Balaban J connectivity index is 2.19. The van der Waals surface area contributed by atoms with Crippen LogP contribution in [0, 0.1) is 6.92 Å². The van der Waals surface area contributed by atoms with E-state index in [9.17, 15) is 0 Å². The summed E-state index contributed by atoms with van der Waals surface area (Å²) in [5, 5.41) is 16.5. The summed E-state index contributed by atoms with van der Waals surface area (Å²) in [7, 11) is 1.88. The molecule has 7 nitrogen and oxygen atoms in total. The van der Waals surface area contributed by atoms with E-state index < -0.39 is 0 Å². The summed E-state index contributed by atoms with van der Waals surface area (Å²) in [6, 6.07) is 5.84. The molecule has 0 radical (unpaired) electrons. The second-order valence-electron chi connectivity index (χ2n) is 4.94. The van der Waals surface area contributed by atoms with Gasteiger partial charge in [-0.1, -0.05) is 19.1 Å². The first-order valence-electron chi connectivity index (χ1n) is 6.78. The van der Waals surface area contributed by atoms with Crippen molar-refractivity contribution in [2.75, 3.05) is 5.73 Å². The van der Waals surface area contributed by atoms with E-state index in [0.717, 1.165) is 28.9 Å². The molecule has 0 spiro atoms. The third kappa shape index (κ3) is 2.16. The zero-order valence-corrected chi connectivity index (χ0v) is 12.3. The number of hydrogen-bond donors (Lipinski definition) is 1. The molecule has 2 N–H and O–H groups in total. The minimum absolute atomic E-state index is 0.624. The first-order valence-corrected chi connectivity index (χ1v) is 6.78. The molecule has 0 aliphatic rings. The van der Waals surface area contributed by atoms with E-state index in [1.54, 1.807) is 9.36 Å². The molecule has 0 amide bonds. The molecule has 3 aromatic rings. The lowest BCUT2D eigenvalue weighted by atomic mass is 10.1. The first kappa shape index (κ1) is 13.3. The Morgan fingerprint density at radius 1 is 1.29 bits per heavy atom. The number of para-hydroxylation sites is 1. The van der Waals surface area contributed by atoms with Gasteiger partial charge in [-0.2, -0.15) is 9.78 Å². The minimum Gasteiger partial charge on any atom is -0.398 e. The monoisotopic (exact) mass is 283 g/mol. The van der Waals surface area contributed by atoms with Crippen molar-refractivity contribution in [2.45, 2.75) is 20.3 Å². The normalized spacial score (nSPS) is 11.0. The lowest BCUT2D eigenvalue weighted by Gasteiger charge is -2.08. The van der Waals surface area contributed by atoms with Gasteiger partial charge in [0.25, 0.3) is 0 Å². The lowest BCUT2D eigenvalue weighted by Crippen LogP contribution is -2.04. The van der Waals surface area contributed by atoms with Crippen LogP contribution in [0.15, 0.2) is 24.4 Å². The Bertz CT molecular complexity index is 784. The average molecular weight is 283 g/mol. The molecule has 3 rings (SSSR count). The smallest absolute Gasteiger partial charge is 0.189 e. The highest BCUT2D eigenvalue weighted by Crippen LogP contribution is 2.28. The zero-order chi connectivity index (χ0) is 15.0. The standard InChI is InChI=1S/C14H17N7/c1-4-11-12(8-20(3)17-11)21-14(16-18-19-21)10-7-5-6-9(2)13(10)15/h5-8H,4,15H2,1-3H3. The van der Waals surface area contributed by atoms with E-state index in [2.05, 4.69) is 27.5 Å². The predicted octanol–water partition coefficient (Wildman–Crippen LogP) is 1.52. The van der Waals surface area contributed by atoms with E-state index in [1.165, 1.54) is 0 Å². The fraction of sp³-hybridized carbons (Fsp3) is 0.286. The summed E-state index contributed by atoms with van der Waals surface area (Å²) < 4.78 is 3.45. The quantitative estimate of drug-likeness (QED) is 0.736. The van der Waals surface area contributed by atoms with E-state index in [4.69, 9.17) is 5.73 Å². The molecule has 0 fully saturated rings. The van der Waals surface area contributed by atoms with Gasteiger partial charge in [-0.25, -0.2) is 0 Å². The summed E-state index contributed by atoms with van der Waals surface area (Å²) in [6.45, 7) is 4.02. The maximum atomic E-state index is 6.17. The molecule has 108 valence electrons. The van der Waals surface area contributed by atoms with Crippen molar-refractivity contribution in [1.29, 1.82) is 0 Å². The van der Waals surface area contributed by atoms with Crippen molar-refractivity contribution in [1.82, 2.24) is 30.0 Å². The van der Waals surface area contributed by atoms with Crippen LogP contribution in [0.5, 0.6) is 0 Å². The fourth-order valence-corrected chi connectivity index (χ4v) is 2.34. The largest absolute Gasteiger partial charge is 0.398 e.